The molecule has 4 nitrogen and oxygen atoms in total. The highest BCUT2D eigenvalue weighted by Crippen LogP contribution is 2.48. The molecular formula is C17H19F2NO3. The Morgan fingerprint density at radius 2 is 2.13 bits per heavy atom. The zero-order valence-electron chi connectivity index (χ0n) is 12.7. The van der Waals surface area contributed by atoms with Gasteiger partial charge >= 0.3 is 5.97 Å². The molecule has 3 rings (SSSR count). The number of amides is 1. The summed E-state index contributed by atoms with van der Waals surface area (Å²) >= 11 is 0. The van der Waals surface area contributed by atoms with Crippen molar-refractivity contribution in [3.05, 3.63) is 35.4 Å². The van der Waals surface area contributed by atoms with E-state index in [1.807, 2.05) is 0 Å². The molecule has 0 unspecified atom stereocenters. The molecule has 1 N–H and O–H groups in total. The van der Waals surface area contributed by atoms with Gasteiger partial charge in [0.25, 0.3) is 0 Å². The van der Waals surface area contributed by atoms with Gasteiger partial charge in [-0.3, -0.25) is 9.59 Å². The first-order valence-corrected chi connectivity index (χ1v) is 7.87. The molecule has 1 aromatic rings. The third-order valence-electron chi connectivity index (χ3n) is 5.27. The Hall–Kier alpha value is -1.98. The minimum absolute atomic E-state index is 0.00913. The average molecular weight is 323 g/mol. The largest absolute Gasteiger partial charge is 0.481 e. The first-order valence-electron chi connectivity index (χ1n) is 7.87. The molecule has 0 aromatic heterocycles. The molecule has 0 bridgehead atoms. The van der Waals surface area contributed by atoms with Gasteiger partial charge in [0.05, 0.1) is 5.41 Å². The van der Waals surface area contributed by atoms with E-state index < -0.39 is 23.0 Å². The maximum Gasteiger partial charge on any atom is 0.311 e. The zero-order valence-corrected chi connectivity index (χ0v) is 12.7. The summed E-state index contributed by atoms with van der Waals surface area (Å²) in [5.41, 5.74) is -0.634. The SMILES string of the molecule is O=C(CCc1cc(F)ccc1F)N1C[C@@H]2CCC[C@@]2(C(=O)O)C1. The van der Waals surface area contributed by atoms with Crippen molar-refractivity contribution in [2.75, 3.05) is 13.1 Å². The first kappa shape index (κ1) is 15.9. The van der Waals surface area contributed by atoms with E-state index in [1.165, 1.54) is 0 Å². The van der Waals surface area contributed by atoms with Crippen LogP contribution in [0.1, 0.15) is 31.2 Å². The summed E-state index contributed by atoms with van der Waals surface area (Å²) in [6.45, 7) is 0.689. The van der Waals surface area contributed by atoms with Crippen molar-refractivity contribution in [3.8, 4) is 0 Å². The number of halogens is 2. The molecule has 1 aliphatic heterocycles. The van der Waals surface area contributed by atoms with Crippen LogP contribution in [-0.2, 0) is 16.0 Å². The summed E-state index contributed by atoms with van der Waals surface area (Å²) in [6.07, 6.45) is 2.49. The number of carbonyl (C=O) groups is 2. The standard InChI is InChI=1S/C17H19F2NO3/c18-13-4-5-14(19)11(8-13)3-6-15(21)20-9-12-2-1-7-17(12,10-20)16(22)23/h4-5,8,12H,1-3,6-7,9-10H2,(H,22,23)/t12-,17+/m0/s1. The highest BCUT2D eigenvalue weighted by Gasteiger charge is 2.55. The number of aryl methyl sites for hydroxylation is 1. The number of hydrogen-bond donors (Lipinski definition) is 1. The monoisotopic (exact) mass is 323 g/mol. The molecule has 2 fully saturated rings. The minimum atomic E-state index is -0.827. The van der Waals surface area contributed by atoms with Crippen molar-refractivity contribution in [1.29, 1.82) is 0 Å². The van der Waals surface area contributed by atoms with Crippen molar-refractivity contribution in [2.24, 2.45) is 11.3 Å². The molecule has 1 amide bonds. The van der Waals surface area contributed by atoms with Gasteiger partial charge in [0.15, 0.2) is 0 Å². The van der Waals surface area contributed by atoms with Crippen molar-refractivity contribution in [1.82, 2.24) is 4.90 Å². The first-order chi connectivity index (χ1) is 10.9. The number of likely N-dealkylation sites (tertiary alicyclic amines) is 1. The van der Waals surface area contributed by atoms with Gasteiger partial charge in [-0.25, -0.2) is 8.78 Å². The number of fused-ring (bicyclic) bond motifs is 1. The smallest absolute Gasteiger partial charge is 0.311 e. The fourth-order valence-corrected chi connectivity index (χ4v) is 3.96. The van der Waals surface area contributed by atoms with Crippen LogP contribution < -0.4 is 0 Å². The number of benzene rings is 1. The van der Waals surface area contributed by atoms with E-state index >= 15 is 0 Å². The maximum atomic E-state index is 13.6. The normalized spacial score (nSPS) is 26.3. The van der Waals surface area contributed by atoms with Gasteiger partial charge in [0, 0.05) is 19.5 Å². The van der Waals surface area contributed by atoms with Crippen LogP contribution in [0.3, 0.4) is 0 Å². The molecule has 2 aliphatic rings. The molecule has 1 saturated heterocycles. The molecular weight excluding hydrogens is 304 g/mol. The number of carboxylic acids is 1. The molecule has 1 aromatic carbocycles. The van der Waals surface area contributed by atoms with Crippen LogP contribution in [0.15, 0.2) is 18.2 Å². The van der Waals surface area contributed by atoms with Crippen LogP contribution in [0.5, 0.6) is 0 Å². The van der Waals surface area contributed by atoms with E-state index in [0.29, 0.717) is 13.0 Å². The summed E-state index contributed by atoms with van der Waals surface area (Å²) in [5.74, 6) is -2.07. The van der Waals surface area contributed by atoms with Crippen LogP contribution in [-0.4, -0.2) is 35.0 Å². The Morgan fingerprint density at radius 1 is 1.35 bits per heavy atom. The Balaban J connectivity index is 1.64. The summed E-state index contributed by atoms with van der Waals surface area (Å²) < 4.78 is 26.7. The molecule has 1 heterocycles. The fourth-order valence-electron chi connectivity index (χ4n) is 3.96. The van der Waals surface area contributed by atoms with E-state index in [2.05, 4.69) is 0 Å². The van der Waals surface area contributed by atoms with Crippen LogP contribution in [0.25, 0.3) is 0 Å². The highest BCUT2D eigenvalue weighted by atomic mass is 19.1. The quantitative estimate of drug-likeness (QED) is 0.926. The molecule has 124 valence electrons. The molecule has 0 radical (unpaired) electrons. The van der Waals surface area contributed by atoms with E-state index in [4.69, 9.17) is 0 Å². The number of rotatable bonds is 4. The third-order valence-corrected chi connectivity index (χ3v) is 5.27. The lowest BCUT2D eigenvalue weighted by Crippen LogP contribution is -2.37. The van der Waals surface area contributed by atoms with E-state index in [1.54, 1.807) is 4.90 Å². The number of carboxylic acid groups (broad SMARTS) is 1. The van der Waals surface area contributed by atoms with Crippen LogP contribution in [0.2, 0.25) is 0 Å². The van der Waals surface area contributed by atoms with Gasteiger partial charge in [-0.15, -0.1) is 0 Å². The summed E-state index contributed by atoms with van der Waals surface area (Å²) in [5, 5.41) is 9.52. The molecule has 6 heteroatoms. The minimum Gasteiger partial charge on any atom is -0.481 e. The van der Waals surface area contributed by atoms with Crippen molar-refractivity contribution >= 4 is 11.9 Å². The summed E-state index contributed by atoms with van der Waals surface area (Å²) in [6, 6.07) is 3.19. The van der Waals surface area contributed by atoms with E-state index in [-0.39, 0.29) is 36.8 Å². The second kappa shape index (κ2) is 5.91. The number of nitrogens with zero attached hydrogens (tertiary/aromatic N) is 1. The van der Waals surface area contributed by atoms with Gasteiger partial charge < -0.3 is 10.0 Å². The van der Waals surface area contributed by atoms with Gasteiger partial charge in [0.1, 0.15) is 11.6 Å². The maximum absolute atomic E-state index is 13.6. The highest BCUT2D eigenvalue weighted by molar-refractivity contribution is 5.81. The van der Waals surface area contributed by atoms with E-state index in [0.717, 1.165) is 31.0 Å². The van der Waals surface area contributed by atoms with Gasteiger partial charge in [-0.05, 0) is 48.9 Å². The molecule has 1 saturated carbocycles. The van der Waals surface area contributed by atoms with Crippen LogP contribution in [0.4, 0.5) is 8.78 Å². The molecule has 0 spiro atoms. The van der Waals surface area contributed by atoms with Crippen LogP contribution in [0, 0.1) is 23.0 Å². The lowest BCUT2D eigenvalue weighted by molar-refractivity contribution is -0.149. The molecule has 1 aliphatic carbocycles. The zero-order chi connectivity index (χ0) is 16.6. The Labute approximate surface area is 133 Å². The van der Waals surface area contributed by atoms with Gasteiger partial charge in [-0.1, -0.05) is 6.42 Å². The lowest BCUT2D eigenvalue weighted by atomic mass is 9.81. The Kier molecular flexibility index (Phi) is 4.08. The summed E-state index contributed by atoms with van der Waals surface area (Å²) in [4.78, 5) is 25.5. The lowest BCUT2D eigenvalue weighted by Gasteiger charge is -2.23. The predicted molar refractivity (Wildman–Crippen MR) is 78.7 cm³/mol. The van der Waals surface area contributed by atoms with Crippen molar-refractivity contribution < 1.29 is 23.5 Å². The average Bonchev–Trinajstić information content (AvgIpc) is 3.06. The predicted octanol–water partition coefficient (Wildman–Crippen LogP) is 2.61. The second-order valence-corrected chi connectivity index (χ2v) is 6.56. The topological polar surface area (TPSA) is 57.6 Å². The number of carbonyl (C=O) groups excluding carboxylic acids is 1. The number of aliphatic carboxylic acids is 1. The van der Waals surface area contributed by atoms with Crippen LogP contribution >= 0.6 is 0 Å². The van der Waals surface area contributed by atoms with Crippen molar-refractivity contribution in [2.45, 2.75) is 32.1 Å². The Bertz CT molecular complexity index is 649. The van der Waals surface area contributed by atoms with Crippen molar-refractivity contribution in [3.63, 3.8) is 0 Å². The molecule has 2 atom stereocenters. The number of hydrogen-bond acceptors (Lipinski definition) is 2. The van der Waals surface area contributed by atoms with Gasteiger partial charge in [0.2, 0.25) is 5.91 Å². The summed E-state index contributed by atoms with van der Waals surface area (Å²) in [7, 11) is 0. The third kappa shape index (κ3) is 2.82. The second-order valence-electron chi connectivity index (χ2n) is 6.56. The van der Waals surface area contributed by atoms with Gasteiger partial charge in [-0.2, -0.15) is 0 Å². The fraction of sp³-hybridized carbons (Fsp3) is 0.529. The molecule has 23 heavy (non-hydrogen) atoms. The van der Waals surface area contributed by atoms with E-state index in [9.17, 15) is 23.5 Å². The Morgan fingerprint density at radius 3 is 2.83 bits per heavy atom.